The highest BCUT2D eigenvalue weighted by molar-refractivity contribution is 5.84. The van der Waals surface area contributed by atoms with E-state index in [-0.39, 0.29) is 0 Å². The van der Waals surface area contributed by atoms with E-state index in [1.807, 2.05) is 22.8 Å². The van der Waals surface area contributed by atoms with Gasteiger partial charge >= 0.3 is 0 Å². The second kappa shape index (κ2) is 3.88. The fourth-order valence-electron chi connectivity index (χ4n) is 2.18. The van der Waals surface area contributed by atoms with Crippen molar-refractivity contribution in [2.24, 2.45) is 0 Å². The Balaban J connectivity index is 1.87. The van der Waals surface area contributed by atoms with Crippen molar-refractivity contribution in [1.82, 2.24) is 29.1 Å². The van der Waals surface area contributed by atoms with E-state index in [4.69, 9.17) is 0 Å². The van der Waals surface area contributed by atoms with E-state index >= 15 is 0 Å². The van der Waals surface area contributed by atoms with Crippen molar-refractivity contribution < 1.29 is 0 Å². The first-order valence-electron chi connectivity index (χ1n) is 5.95. The minimum atomic E-state index is 0.733. The summed E-state index contributed by atoms with van der Waals surface area (Å²) in [4.78, 5) is 13.0. The molecule has 0 atom stereocenters. The highest BCUT2D eigenvalue weighted by Gasteiger charge is 2.09. The van der Waals surface area contributed by atoms with Gasteiger partial charge < -0.3 is 4.57 Å². The molecule has 6 heteroatoms. The lowest BCUT2D eigenvalue weighted by atomic mass is 10.2. The van der Waals surface area contributed by atoms with Crippen LogP contribution in [0.3, 0.4) is 0 Å². The number of hydrogen-bond donors (Lipinski definition) is 0. The zero-order chi connectivity index (χ0) is 12.7. The van der Waals surface area contributed by atoms with Crippen LogP contribution < -0.4 is 0 Å². The Morgan fingerprint density at radius 3 is 2.68 bits per heavy atom. The SMILES string of the molecule is c1ccc(Cn2cnc3c2ncn2ncnc32)cc1. The van der Waals surface area contributed by atoms with Crippen LogP contribution in [0.4, 0.5) is 0 Å². The molecule has 0 bridgehead atoms. The number of aromatic nitrogens is 6. The number of benzene rings is 1. The molecule has 0 radical (unpaired) electrons. The summed E-state index contributed by atoms with van der Waals surface area (Å²) in [6.07, 6.45) is 4.96. The van der Waals surface area contributed by atoms with Crippen molar-refractivity contribution >= 4 is 16.8 Å². The highest BCUT2D eigenvalue weighted by Crippen LogP contribution is 2.15. The Bertz CT molecular complexity index is 845. The van der Waals surface area contributed by atoms with Gasteiger partial charge in [-0.05, 0) is 5.56 Å². The van der Waals surface area contributed by atoms with Crippen LogP contribution in [0.15, 0.2) is 49.3 Å². The van der Waals surface area contributed by atoms with Gasteiger partial charge in [0, 0.05) is 0 Å². The molecule has 0 N–H and O–H groups in total. The first-order chi connectivity index (χ1) is 9.42. The van der Waals surface area contributed by atoms with Gasteiger partial charge in [0.2, 0.25) is 0 Å². The third kappa shape index (κ3) is 1.57. The average Bonchev–Trinajstić information content (AvgIpc) is 3.06. The van der Waals surface area contributed by atoms with Crippen molar-refractivity contribution in [3.8, 4) is 0 Å². The molecular weight excluding hydrogens is 240 g/mol. The van der Waals surface area contributed by atoms with E-state index in [2.05, 4.69) is 32.2 Å². The highest BCUT2D eigenvalue weighted by atomic mass is 15.3. The summed E-state index contributed by atoms with van der Waals surface area (Å²) in [5, 5.41) is 4.06. The van der Waals surface area contributed by atoms with Crippen LogP contribution in [0.25, 0.3) is 16.8 Å². The van der Waals surface area contributed by atoms with Crippen LogP contribution in [-0.4, -0.2) is 29.1 Å². The average molecular weight is 250 g/mol. The first-order valence-corrected chi connectivity index (χ1v) is 5.95. The molecule has 3 heterocycles. The largest absolute Gasteiger partial charge is 0.311 e. The first kappa shape index (κ1) is 10.2. The molecule has 0 amide bonds. The Morgan fingerprint density at radius 1 is 0.895 bits per heavy atom. The van der Waals surface area contributed by atoms with Crippen LogP contribution in [-0.2, 0) is 6.54 Å². The Labute approximate surface area is 108 Å². The maximum Gasteiger partial charge on any atom is 0.186 e. The van der Waals surface area contributed by atoms with Gasteiger partial charge in [0.25, 0.3) is 0 Å². The summed E-state index contributed by atoms with van der Waals surface area (Å²) < 4.78 is 3.64. The fourth-order valence-corrected chi connectivity index (χ4v) is 2.18. The molecule has 19 heavy (non-hydrogen) atoms. The Hall–Kier alpha value is -2.76. The molecule has 0 aliphatic carbocycles. The summed E-state index contributed by atoms with van der Waals surface area (Å²) in [5.41, 5.74) is 3.54. The molecule has 0 unspecified atom stereocenters. The molecule has 0 saturated heterocycles. The minimum absolute atomic E-state index is 0.733. The van der Waals surface area contributed by atoms with Gasteiger partial charge in [-0.15, -0.1) is 0 Å². The molecule has 1 aromatic carbocycles. The van der Waals surface area contributed by atoms with E-state index in [1.54, 1.807) is 17.2 Å². The standard InChI is InChI=1S/C13H10N6/c1-2-4-10(5-3-1)6-18-8-15-11-12(18)16-9-19-13(11)14-7-17-19/h1-5,7-9H,6H2. The maximum atomic E-state index is 4.40. The van der Waals surface area contributed by atoms with E-state index in [9.17, 15) is 0 Å². The zero-order valence-electron chi connectivity index (χ0n) is 10.0. The predicted molar refractivity (Wildman–Crippen MR) is 69.6 cm³/mol. The Kier molecular flexibility index (Phi) is 2.08. The van der Waals surface area contributed by atoms with Crippen molar-refractivity contribution in [2.45, 2.75) is 6.54 Å². The molecule has 4 rings (SSSR count). The van der Waals surface area contributed by atoms with E-state index < -0.39 is 0 Å². The van der Waals surface area contributed by atoms with Crippen molar-refractivity contribution in [3.05, 3.63) is 54.9 Å². The molecule has 0 spiro atoms. The molecule has 4 aromatic rings. The number of nitrogens with zero attached hydrogens (tertiary/aromatic N) is 6. The van der Waals surface area contributed by atoms with Crippen LogP contribution >= 0.6 is 0 Å². The molecule has 3 aromatic heterocycles. The molecule has 92 valence electrons. The van der Waals surface area contributed by atoms with Gasteiger partial charge in [-0.3, -0.25) is 0 Å². The third-order valence-corrected chi connectivity index (χ3v) is 3.08. The second-order valence-electron chi connectivity index (χ2n) is 4.30. The lowest BCUT2D eigenvalue weighted by molar-refractivity contribution is 0.809. The topological polar surface area (TPSA) is 60.9 Å². The number of imidazole rings is 1. The summed E-state index contributed by atoms with van der Waals surface area (Å²) in [6.45, 7) is 0.745. The van der Waals surface area contributed by atoms with Crippen LogP contribution in [0, 0.1) is 0 Å². The van der Waals surface area contributed by atoms with Gasteiger partial charge in [0.15, 0.2) is 16.8 Å². The molecule has 0 fully saturated rings. The third-order valence-electron chi connectivity index (χ3n) is 3.08. The quantitative estimate of drug-likeness (QED) is 0.541. The van der Waals surface area contributed by atoms with Crippen LogP contribution in [0.2, 0.25) is 0 Å². The summed E-state index contributed by atoms with van der Waals surface area (Å²) >= 11 is 0. The van der Waals surface area contributed by atoms with Gasteiger partial charge in [0.05, 0.1) is 12.9 Å². The van der Waals surface area contributed by atoms with E-state index in [1.165, 1.54) is 11.9 Å². The zero-order valence-corrected chi connectivity index (χ0v) is 10.0. The summed E-state index contributed by atoms with van der Waals surface area (Å²) in [7, 11) is 0. The summed E-state index contributed by atoms with van der Waals surface area (Å²) in [6, 6.07) is 10.2. The van der Waals surface area contributed by atoms with Gasteiger partial charge in [-0.2, -0.15) is 5.10 Å². The monoisotopic (exact) mass is 250 g/mol. The van der Waals surface area contributed by atoms with Crippen molar-refractivity contribution in [3.63, 3.8) is 0 Å². The molecule has 0 saturated carbocycles. The molecule has 0 aliphatic heterocycles. The molecule has 0 aliphatic rings. The lowest BCUT2D eigenvalue weighted by Gasteiger charge is -2.03. The normalized spacial score (nSPS) is 11.4. The van der Waals surface area contributed by atoms with E-state index in [0.29, 0.717) is 0 Å². The fraction of sp³-hybridized carbons (Fsp3) is 0.0769. The smallest absolute Gasteiger partial charge is 0.186 e. The van der Waals surface area contributed by atoms with Gasteiger partial charge in [0.1, 0.15) is 12.7 Å². The lowest BCUT2D eigenvalue weighted by Crippen LogP contribution is -2.00. The Morgan fingerprint density at radius 2 is 1.79 bits per heavy atom. The van der Waals surface area contributed by atoms with Crippen LogP contribution in [0.5, 0.6) is 0 Å². The van der Waals surface area contributed by atoms with Gasteiger partial charge in [-0.25, -0.2) is 19.5 Å². The van der Waals surface area contributed by atoms with Crippen molar-refractivity contribution in [1.29, 1.82) is 0 Å². The number of fused-ring (bicyclic) bond motifs is 3. The van der Waals surface area contributed by atoms with E-state index in [0.717, 1.165) is 23.4 Å². The molecule has 6 nitrogen and oxygen atoms in total. The maximum absolute atomic E-state index is 4.40. The van der Waals surface area contributed by atoms with Crippen molar-refractivity contribution in [2.75, 3.05) is 0 Å². The van der Waals surface area contributed by atoms with Gasteiger partial charge in [-0.1, -0.05) is 30.3 Å². The minimum Gasteiger partial charge on any atom is -0.311 e. The number of hydrogen-bond acceptors (Lipinski definition) is 4. The second-order valence-corrected chi connectivity index (χ2v) is 4.30. The predicted octanol–water partition coefficient (Wildman–Crippen LogP) is 1.52. The number of rotatable bonds is 2. The molecular formula is C13H10N6. The van der Waals surface area contributed by atoms with Crippen LogP contribution in [0.1, 0.15) is 5.56 Å². The summed E-state index contributed by atoms with van der Waals surface area (Å²) in [5.74, 6) is 0.